The quantitative estimate of drug-likeness (QED) is 0.328. The Balaban J connectivity index is 2.80. The van der Waals surface area contributed by atoms with Crippen LogP contribution < -0.4 is 10.6 Å². The fourth-order valence-corrected chi connectivity index (χ4v) is 10.2. The molecule has 0 saturated carbocycles. The van der Waals surface area contributed by atoms with Crippen LogP contribution >= 0.6 is 39.1 Å². The molecule has 0 saturated heterocycles. The second-order valence-corrected chi connectivity index (χ2v) is 14.7. The van der Waals surface area contributed by atoms with Crippen LogP contribution in [-0.4, -0.2) is 17.0 Å². The van der Waals surface area contributed by atoms with Crippen LogP contribution in [0.25, 0.3) is 11.1 Å². The van der Waals surface area contributed by atoms with E-state index in [-0.39, 0.29) is 18.2 Å². The van der Waals surface area contributed by atoms with Crippen molar-refractivity contribution in [3.05, 3.63) is 45.5 Å². The highest BCUT2D eigenvalue weighted by atomic mass is 127. The van der Waals surface area contributed by atoms with Gasteiger partial charge in [0.25, 0.3) is 0 Å². The zero-order valence-electron chi connectivity index (χ0n) is 16.8. The van der Waals surface area contributed by atoms with E-state index in [0.29, 0.717) is 0 Å². The van der Waals surface area contributed by atoms with E-state index < -0.39 is 0 Å². The molecule has 0 aliphatic heterocycles. The molecule has 0 amide bonds. The Kier molecular flexibility index (Phi) is 6.79. The Morgan fingerprint density at radius 1 is 0.920 bits per heavy atom. The van der Waals surface area contributed by atoms with Crippen molar-refractivity contribution in [1.29, 1.82) is 0 Å². The van der Waals surface area contributed by atoms with Gasteiger partial charge in [0, 0.05) is 9.13 Å². The van der Waals surface area contributed by atoms with Crippen molar-refractivity contribution in [3.63, 3.8) is 0 Å². The Morgan fingerprint density at radius 3 is 2.00 bits per heavy atom. The van der Waals surface area contributed by atoms with Crippen molar-refractivity contribution >= 4 is 49.7 Å². The molecular weight excluding hydrogens is 453 g/mol. The number of aryl methyl sites for hydroxylation is 1. The molecule has 1 atom stereocenters. The molecule has 0 N–H and O–H groups in total. The highest BCUT2D eigenvalue weighted by molar-refractivity contribution is 14.1. The first-order chi connectivity index (χ1) is 11.5. The normalized spacial score (nSPS) is 13.2. The minimum absolute atomic E-state index is 0.272. The maximum absolute atomic E-state index is 2.53. The minimum Gasteiger partial charge on any atom is -0.0929 e. The van der Waals surface area contributed by atoms with Crippen LogP contribution in [0.4, 0.5) is 0 Å². The summed E-state index contributed by atoms with van der Waals surface area (Å²) >= 11 is 2.53. The average Bonchev–Trinajstić information content (AvgIpc) is 2.44. The number of benzene rings is 2. The third kappa shape index (κ3) is 4.85. The van der Waals surface area contributed by atoms with Gasteiger partial charge in [0.2, 0.25) is 0 Å². The molecule has 0 aliphatic carbocycles. The summed E-state index contributed by atoms with van der Waals surface area (Å²) in [6, 6.07) is 13.9. The van der Waals surface area contributed by atoms with Gasteiger partial charge in [-0.15, -0.1) is 0 Å². The maximum Gasteiger partial charge on any atom is 0.0217 e. The Bertz CT molecular complexity index is 738. The SMILES string of the molecule is CPc1cc(C)cc(I)c1-c1ccccc1P(C(C)(C)C)C(C)(C)C. The first-order valence-electron chi connectivity index (χ1n) is 8.84. The number of hydrogen-bond acceptors (Lipinski definition) is 0. The lowest BCUT2D eigenvalue weighted by atomic mass is 10.0. The zero-order chi connectivity index (χ0) is 19.0. The number of hydrogen-bond donors (Lipinski definition) is 0. The van der Waals surface area contributed by atoms with Gasteiger partial charge in [-0.25, -0.2) is 0 Å². The third-order valence-corrected chi connectivity index (χ3v) is 9.60. The molecule has 2 aromatic carbocycles. The monoisotopic (exact) mass is 484 g/mol. The molecule has 0 bridgehead atoms. The first kappa shape index (κ1) is 21.3. The zero-order valence-corrected chi connectivity index (χ0v) is 20.8. The van der Waals surface area contributed by atoms with Gasteiger partial charge in [-0.3, -0.25) is 0 Å². The Hall–Kier alpha value is 0.0300. The van der Waals surface area contributed by atoms with E-state index in [0.717, 1.165) is 8.58 Å². The Labute approximate surface area is 171 Å². The van der Waals surface area contributed by atoms with E-state index >= 15 is 0 Å². The van der Waals surface area contributed by atoms with Crippen molar-refractivity contribution < 1.29 is 0 Å². The summed E-state index contributed by atoms with van der Waals surface area (Å²) in [4.78, 5) is 0. The summed E-state index contributed by atoms with van der Waals surface area (Å²) in [7, 11) is 0.493. The van der Waals surface area contributed by atoms with Gasteiger partial charge in [0.05, 0.1) is 0 Å². The molecule has 2 aromatic rings. The highest BCUT2D eigenvalue weighted by Gasteiger charge is 2.37. The van der Waals surface area contributed by atoms with Crippen LogP contribution in [0.5, 0.6) is 0 Å². The molecule has 0 nitrogen and oxygen atoms in total. The van der Waals surface area contributed by atoms with Crippen LogP contribution in [-0.2, 0) is 0 Å². The minimum atomic E-state index is -0.320. The van der Waals surface area contributed by atoms with Crippen molar-refractivity contribution in [3.8, 4) is 11.1 Å². The molecule has 1 unspecified atom stereocenters. The second-order valence-electron chi connectivity index (χ2n) is 8.61. The van der Waals surface area contributed by atoms with Gasteiger partial charge in [-0.2, -0.15) is 0 Å². The molecule has 0 spiro atoms. The average molecular weight is 484 g/mol. The molecule has 0 aromatic heterocycles. The summed E-state index contributed by atoms with van der Waals surface area (Å²) < 4.78 is 1.38. The molecule has 136 valence electrons. The summed E-state index contributed by atoms with van der Waals surface area (Å²) in [5, 5.41) is 3.59. The van der Waals surface area contributed by atoms with Gasteiger partial charge in [0.15, 0.2) is 0 Å². The van der Waals surface area contributed by atoms with Crippen LogP contribution in [0, 0.1) is 10.5 Å². The van der Waals surface area contributed by atoms with E-state index in [1.54, 1.807) is 5.30 Å². The van der Waals surface area contributed by atoms with Crippen molar-refractivity contribution in [2.24, 2.45) is 0 Å². The van der Waals surface area contributed by atoms with E-state index in [9.17, 15) is 0 Å². The van der Waals surface area contributed by atoms with Gasteiger partial charge < -0.3 is 0 Å². The lowest BCUT2D eigenvalue weighted by Crippen LogP contribution is -2.32. The first-order valence-corrected chi connectivity index (χ1v) is 12.8. The van der Waals surface area contributed by atoms with E-state index in [1.165, 1.54) is 25.6 Å². The lowest BCUT2D eigenvalue weighted by molar-refractivity contribution is 0.715. The van der Waals surface area contributed by atoms with Crippen LogP contribution in [0.1, 0.15) is 47.1 Å². The van der Waals surface area contributed by atoms with Gasteiger partial charge >= 0.3 is 0 Å². The predicted octanol–water partition coefficient (Wildman–Crippen LogP) is 6.90. The molecule has 25 heavy (non-hydrogen) atoms. The Morgan fingerprint density at radius 2 is 1.48 bits per heavy atom. The van der Waals surface area contributed by atoms with Crippen molar-refractivity contribution in [2.75, 3.05) is 6.66 Å². The molecule has 0 radical (unpaired) electrons. The maximum atomic E-state index is 2.53. The lowest BCUT2D eigenvalue weighted by Gasteiger charge is -2.43. The fraction of sp³-hybridized carbons (Fsp3) is 0.455. The molecule has 0 heterocycles. The number of rotatable bonds is 3. The predicted molar refractivity (Wildman–Crippen MR) is 129 cm³/mol. The third-order valence-electron chi connectivity index (χ3n) is 4.26. The number of halogens is 1. The van der Waals surface area contributed by atoms with Crippen LogP contribution in [0.15, 0.2) is 36.4 Å². The summed E-state index contributed by atoms with van der Waals surface area (Å²) in [5.74, 6) is 0. The van der Waals surface area contributed by atoms with Crippen molar-refractivity contribution in [2.45, 2.75) is 58.8 Å². The van der Waals surface area contributed by atoms with Gasteiger partial charge in [-0.1, -0.05) is 88.4 Å². The van der Waals surface area contributed by atoms with Gasteiger partial charge in [0.1, 0.15) is 0 Å². The fourth-order valence-electron chi connectivity index (χ4n) is 3.82. The topological polar surface area (TPSA) is 0 Å². The molecule has 0 aliphatic rings. The standard InChI is InChI=1S/C22H31IP2/c1-15-13-17(23)20(18(14-15)24-8)16-11-9-10-12-19(16)25(21(2,3)4)22(5,6)7/h9-14,24H,1-8H3. The van der Waals surface area contributed by atoms with E-state index in [2.05, 4.69) is 114 Å². The van der Waals surface area contributed by atoms with Crippen LogP contribution in [0.2, 0.25) is 0 Å². The highest BCUT2D eigenvalue weighted by Crippen LogP contribution is 2.59. The van der Waals surface area contributed by atoms with E-state index in [4.69, 9.17) is 0 Å². The molecular formula is C22H31IP2. The van der Waals surface area contributed by atoms with E-state index in [1.807, 2.05) is 0 Å². The van der Waals surface area contributed by atoms with Crippen LogP contribution in [0.3, 0.4) is 0 Å². The summed E-state index contributed by atoms with van der Waals surface area (Å²) in [6.07, 6.45) is 0. The van der Waals surface area contributed by atoms with Crippen molar-refractivity contribution in [1.82, 2.24) is 0 Å². The summed E-state index contributed by atoms with van der Waals surface area (Å²) in [5.41, 5.74) is 4.28. The molecule has 3 heteroatoms. The smallest absolute Gasteiger partial charge is 0.0217 e. The molecule has 2 rings (SSSR count). The molecule has 0 fully saturated rings. The second kappa shape index (κ2) is 7.95. The summed E-state index contributed by atoms with van der Waals surface area (Å²) in [6.45, 7) is 18.9. The largest absolute Gasteiger partial charge is 0.0929 e. The van der Waals surface area contributed by atoms with Gasteiger partial charge in [-0.05, 0) is 74.3 Å².